The molecule has 140 valence electrons. The van der Waals surface area contributed by atoms with E-state index >= 15 is 0 Å². The fraction of sp³-hybridized carbons (Fsp3) is 0.471. The topological polar surface area (TPSA) is 142 Å². The molecule has 6 N–H and O–H groups in total. The van der Waals surface area contributed by atoms with E-state index in [1.54, 1.807) is 13.0 Å². The van der Waals surface area contributed by atoms with Crippen molar-refractivity contribution in [1.82, 2.24) is 9.61 Å². The Morgan fingerprint density at radius 2 is 2.08 bits per heavy atom. The van der Waals surface area contributed by atoms with Gasteiger partial charge in [0.2, 0.25) is 0 Å². The summed E-state index contributed by atoms with van der Waals surface area (Å²) in [6, 6.07) is 1.48. The molecule has 1 saturated carbocycles. The Kier molecular flexibility index (Phi) is 4.06. The van der Waals surface area contributed by atoms with Gasteiger partial charge in [0.15, 0.2) is 0 Å². The molecule has 2 aromatic rings. The minimum absolute atomic E-state index is 0.104. The van der Waals surface area contributed by atoms with E-state index in [0.717, 1.165) is 0 Å². The summed E-state index contributed by atoms with van der Waals surface area (Å²) in [5, 5.41) is 29.3. The summed E-state index contributed by atoms with van der Waals surface area (Å²) in [5.41, 5.74) is 5.73. The number of rotatable bonds is 4. The summed E-state index contributed by atoms with van der Waals surface area (Å²) in [6.45, 7) is 5.74. The van der Waals surface area contributed by atoms with Crippen molar-refractivity contribution >= 4 is 28.9 Å². The number of hydrogen-bond acceptors (Lipinski definition) is 5. The van der Waals surface area contributed by atoms with Crippen LogP contribution in [0.2, 0.25) is 0 Å². The van der Waals surface area contributed by atoms with Gasteiger partial charge < -0.3 is 21.3 Å². The quantitative estimate of drug-likeness (QED) is 0.563. The van der Waals surface area contributed by atoms with E-state index in [1.165, 1.54) is 16.9 Å². The van der Waals surface area contributed by atoms with Gasteiger partial charge >= 0.3 is 6.09 Å². The van der Waals surface area contributed by atoms with Crippen molar-refractivity contribution in [3.8, 4) is 0 Å². The molecule has 0 aromatic carbocycles. The molecule has 0 aliphatic heterocycles. The van der Waals surface area contributed by atoms with Gasteiger partial charge in [0, 0.05) is 11.5 Å². The number of carboxylic acid groups (broad SMARTS) is 1. The maximum absolute atomic E-state index is 11.9. The Labute approximate surface area is 150 Å². The lowest BCUT2D eigenvalue weighted by Gasteiger charge is -2.38. The van der Waals surface area contributed by atoms with Crippen LogP contribution in [0.4, 0.5) is 16.2 Å². The van der Waals surface area contributed by atoms with Crippen molar-refractivity contribution in [2.45, 2.75) is 45.3 Å². The molecule has 2 heterocycles. The normalized spacial score (nSPS) is 24.5. The fourth-order valence-corrected chi connectivity index (χ4v) is 3.50. The van der Waals surface area contributed by atoms with E-state index in [0.29, 0.717) is 29.7 Å². The smallest absolute Gasteiger partial charge is 0.409 e. The molecular formula is C17H23N5O4. The molecule has 2 aromatic heterocycles. The zero-order valence-electron chi connectivity index (χ0n) is 14.9. The highest BCUT2D eigenvalue weighted by Gasteiger charge is 2.50. The van der Waals surface area contributed by atoms with Crippen molar-refractivity contribution < 1.29 is 19.8 Å². The van der Waals surface area contributed by atoms with Crippen LogP contribution in [-0.4, -0.2) is 43.5 Å². The molecule has 26 heavy (non-hydrogen) atoms. The number of nitrogens with one attached hydrogen (secondary N) is 2. The highest BCUT2D eigenvalue weighted by atomic mass is 16.4. The zero-order chi connectivity index (χ0) is 19.3. The van der Waals surface area contributed by atoms with Gasteiger partial charge in [-0.1, -0.05) is 13.8 Å². The molecule has 9 nitrogen and oxygen atoms in total. The van der Waals surface area contributed by atoms with Gasteiger partial charge in [-0.25, -0.2) is 9.31 Å². The molecule has 1 aliphatic rings. The largest absolute Gasteiger partial charge is 0.465 e. The Hall–Kier alpha value is -2.81. The maximum Gasteiger partial charge on any atom is 0.409 e. The van der Waals surface area contributed by atoms with Crippen LogP contribution >= 0.6 is 0 Å². The number of carbonyl (C=O) groups excluding carboxylic acids is 1. The molecule has 0 bridgehead atoms. The summed E-state index contributed by atoms with van der Waals surface area (Å²) < 4.78 is 1.47. The number of aliphatic hydroxyl groups is 1. The standard InChI is InChI=1S/C17H23N5O4/c1-16(2)12(4-5-17(16,3)26)21-13-10(14(18)23)7-19-22-8-9(6-11(13)22)20-15(24)25/h6-8,12,20-21,26H,4-5H2,1-3H3,(H2,18,23)(H,24,25)/t12-,17-/m0/s1. The number of primary amides is 1. The Morgan fingerprint density at radius 3 is 2.62 bits per heavy atom. The van der Waals surface area contributed by atoms with Crippen molar-refractivity contribution in [3.63, 3.8) is 0 Å². The number of fused-ring (bicyclic) bond motifs is 1. The molecule has 0 unspecified atom stereocenters. The lowest BCUT2D eigenvalue weighted by molar-refractivity contribution is -0.0283. The summed E-state index contributed by atoms with van der Waals surface area (Å²) in [5.74, 6) is -0.640. The number of carbonyl (C=O) groups is 2. The van der Waals surface area contributed by atoms with E-state index < -0.39 is 23.0 Å². The summed E-state index contributed by atoms with van der Waals surface area (Å²) in [4.78, 5) is 22.8. The third kappa shape index (κ3) is 2.84. The van der Waals surface area contributed by atoms with Crippen molar-refractivity contribution in [3.05, 3.63) is 24.0 Å². The fourth-order valence-electron chi connectivity index (χ4n) is 3.50. The Morgan fingerprint density at radius 1 is 1.38 bits per heavy atom. The number of nitrogens with zero attached hydrogens (tertiary/aromatic N) is 2. The molecule has 0 saturated heterocycles. The molecule has 2 amide bonds. The number of anilines is 2. The second kappa shape index (κ2) is 5.87. The van der Waals surface area contributed by atoms with E-state index in [4.69, 9.17) is 10.8 Å². The monoisotopic (exact) mass is 361 g/mol. The maximum atomic E-state index is 11.9. The van der Waals surface area contributed by atoms with Gasteiger partial charge in [-0.3, -0.25) is 10.1 Å². The summed E-state index contributed by atoms with van der Waals surface area (Å²) in [7, 11) is 0. The SMILES string of the molecule is CC1(C)[C@@H](Nc2c(C(N)=O)cnn3cc(NC(=O)O)cc23)CC[C@]1(C)O. The van der Waals surface area contributed by atoms with Crippen LogP contribution in [-0.2, 0) is 0 Å². The number of hydrogen-bond donors (Lipinski definition) is 5. The van der Waals surface area contributed by atoms with Crippen LogP contribution < -0.4 is 16.4 Å². The molecule has 1 fully saturated rings. The van der Waals surface area contributed by atoms with Gasteiger partial charge in [0.05, 0.1) is 40.4 Å². The predicted molar refractivity (Wildman–Crippen MR) is 96.4 cm³/mol. The molecule has 0 spiro atoms. The van der Waals surface area contributed by atoms with Gasteiger partial charge in [0.25, 0.3) is 5.91 Å². The summed E-state index contributed by atoms with van der Waals surface area (Å²) in [6.07, 6.45) is 3.00. The first kappa shape index (κ1) is 18.0. The van der Waals surface area contributed by atoms with E-state index in [1.807, 2.05) is 13.8 Å². The second-order valence-corrected chi connectivity index (χ2v) is 7.52. The first-order chi connectivity index (χ1) is 12.0. The van der Waals surface area contributed by atoms with Crippen molar-refractivity contribution in [1.29, 1.82) is 0 Å². The minimum Gasteiger partial charge on any atom is -0.465 e. The van der Waals surface area contributed by atoms with Crippen LogP contribution in [0, 0.1) is 5.41 Å². The molecule has 1 aliphatic carbocycles. The van der Waals surface area contributed by atoms with Gasteiger partial charge in [0.1, 0.15) is 0 Å². The predicted octanol–water partition coefficient (Wildman–Crippen LogP) is 1.87. The number of nitrogens with two attached hydrogens (primary N) is 1. The highest BCUT2D eigenvalue weighted by molar-refractivity contribution is 6.02. The number of amides is 2. The van der Waals surface area contributed by atoms with Crippen LogP contribution in [0.15, 0.2) is 18.5 Å². The average molecular weight is 361 g/mol. The van der Waals surface area contributed by atoms with E-state index in [-0.39, 0.29) is 11.6 Å². The molecule has 2 atom stereocenters. The van der Waals surface area contributed by atoms with E-state index in [9.17, 15) is 14.7 Å². The second-order valence-electron chi connectivity index (χ2n) is 7.52. The lowest BCUT2D eigenvalue weighted by atomic mass is 9.76. The van der Waals surface area contributed by atoms with Crippen LogP contribution in [0.25, 0.3) is 5.52 Å². The van der Waals surface area contributed by atoms with Gasteiger partial charge in [-0.2, -0.15) is 5.10 Å². The Bertz CT molecular complexity index is 887. The molecule has 0 radical (unpaired) electrons. The zero-order valence-corrected chi connectivity index (χ0v) is 14.9. The first-order valence-electron chi connectivity index (χ1n) is 8.33. The van der Waals surface area contributed by atoms with Crippen LogP contribution in [0.1, 0.15) is 44.0 Å². The lowest BCUT2D eigenvalue weighted by Crippen LogP contribution is -2.45. The molecular weight excluding hydrogens is 338 g/mol. The Balaban J connectivity index is 2.08. The van der Waals surface area contributed by atoms with E-state index in [2.05, 4.69) is 15.7 Å². The molecule has 3 rings (SSSR count). The van der Waals surface area contributed by atoms with Crippen LogP contribution in [0.3, 0.4) is 0 Å². The van der Waals surface area contributed by atoms with Crippen LogP contribution in [0.5, 0.6) is 0 Å². The average Bonchev–Trinajstić information content (AvgIpc) is 2.99. The molecule has 9 heteroatoms. The van der Waals surface area contributed by atoms with Crippen molar-refractivity contribution in [2.75, 3.05) is 10.6 Å². The first-order valence-corrected chi connectivity index (χ1v) is 8.33. The highest BCUT2D eigenvalue weighted by Crippen LogP contribution is 2.47. The minimum atomic E-state index is -1.20. The van der Waals surface area contributed by atoms with Gasteiger partial charge in [-0.15, -0.1) is 0 Å². The summed E-state index contributed by atoms with van der Waals surface area (Å²) >= 11 is 0. The van der Waals surface area contributed by atoms with Crippen molar-refractivity contribution in [2.24, 2.45) is 11.1 Å². The van der Waals surface area contributed by atoms with Gasteiger partial charge in [-0.05, 0) is 25.8 Å². The third-order valence-corrected chi connectivity index (χ3v) is 5.65. The third-order valence-electron chi connectivity index (χ3n) is 5.65. The number of aromatic nitrogens is 2.